The molecule has 1 aromatic carbocycles. The van der Waals surface area contributed by atoms with Gasteiger partial charge in [0.2, 0.25) is 0 Å². The topological polar surface area (TPSA) is 38.8 Å². The predicted octanol–water partition coefficient (Wildman–Crippen LogP) is 2.26. The molecule has 1 aliphatic heterocycles. The van der Waals surface area contributed by atoms with Gasteiger partial charge in [-0.05, 0) is 37.8 Å². The van der Waals surface area contributed by atoms with Crippen molar-refractivity contribution >= 4 is 5.91 Å². The summed E-state index contributed by atoms with van der Waals surface area (Å²) < 4.78 is 10.7. The predicted molar refractivity (Wildman–Crippen MR) is 77.9 cm³/mol. The van der Waals surface area contributed by atoms with Gasteiger partial charge in [0.15, 0.2) is 6.61 Å². The molecule has 1 fully saturated rings. The number of rotatable bonds is 5. The highest BCUT2D eigenvalue weighted by Gasteiger charge is 2.22. The molecule has 1 saturated heterocycles. The molecule has 1 aliphatic rings. The maximum Gasteiger partial charge on any atom is 0.260 e. The second-order valence-corrected chi connectivity index (χ2v) is 5.38. The van der Waals surface area contributed by atoms with E-state index in [1.165, 1.54) is 5.56 Å². The highest BCUT2D eigenvalue weighted by atomic mass is 16.5. The number of nitrogens with zero attached hydrogens (tertiary/aromatic N) is 1. The number of amides is 1. The van der Waals surface area contributed by atoms with Crippen molar-refractivity contribution in [3.05, 3.63) is 29.8 Å². The van der Waals surface area contributed by atoms with Gasteiger partial charge >= 0.3 is 0 Å². The van der Waals surface area contributed by atoms with Crippen LogP contribution in [-0.2, 0) is 9.53 Å². The van der Waals surface area contributed by atoms with Gasteiger partial charge in [-0.25, -0.2) is 0 Å². The van der Waals surface area contributed by atoms with E-state index < -0.39 is 0 Å². The van der Waals surface area contributed by atoms with Gasteiger partial charge in [-0.1, -0.05) is 17.7 Å². The Bertz CT molecular complexity index is 422. The van der Waals surface area contributed by atoms with E-state index in [1.54, 1.807) is 7.11 Å². The van der Waals surface area contributed by atoms with E-state index in [0.29, 0.717) is 5.92 Å². The van der Waals surface area contributed by atoms with Crippen LogP contribution in [0.1, 0.15) is 18.4 Å². The molecule has 0 radical (unpaired) electrons. The minimum atomic E-state index is 0.0708. The summed E-state index contributed by atoms with van der Waals surface area (Å²) in [6.07, 6.45) is 2.04. The first-order chi connectivity index (χ1) is 9.69. The first kappa shape index (κ1) is 14.9. The zero-order valence-corrected chi connectivity index (χ0v) is 12.3. The smallest absolute Gasteiger partial charge is 0.260 e. The van der Waals surface area contributed by atoms with E-state index in [9.17, 15) is 4.79 Å². The lowest BCUT2D eigenvalue weighted by atomic mass is 9.98. The van der Waals surface area contributed by atoms with E-state index in [-0.39, 0.29) is 12.5 Å². The summed E-state index contributed by atoms with van der Waals surface area (Å²) in [6.45, 7) is 4.56. The van der Waals surface area contributed by atoms with Crippen molar-refractivity contribution < 1.29 is 14.3 Å². The van der Waals surface area contributed by atoms with Gasteiger partial charge < -0.3 is 14.4 Å². The molecule has 1 amide bonds. The fraction of sp³-hybridized carbons (Fsp3) is 0.562. The first-order valence-electron chi connectivity index (χ1n) is 7.15. The van der Waals surface area contributed by atoms with E-state index >= 15 is 0 Å². The summed E-state index contributed by atoms with van der Waals surface area (Å²) in [4.78, 5) is 14.0. The van der Waals surface area contributed by atoms with Gasteiger partial charge in [-0.3, -0.25) is 4.79 Å². The molecule has 0 spiro atoms. The third kappa shape index (κ3) is 4.23. The van der Waals surface area contributed by atoms with Crippen LogP contribution in [0.25, 0.3) is 0 Å². The quantitative estimate of drug-likeness (QED) is 0.828. The molecule has 4 nitrogen and oxygen atoms in total. The van der Waals surface area contributed by atoms with Crippen molar-refractivity contribution in [1.29, 1.82) is 0 Å². The molecule has 1 aromatic rings. The molecule has 0 bridgehead atoms. The van der Waals surface area contributed by atoms with Gasteiger partial charge in [0, 0.05) is 26.8 Å². The third-order valence-electron chi connectivity index (χ3n) is 3.75. The molecular formula is C16H23NO3. The Balaban J connectivity index is 1.74. The second-order valence-electron chi connectivity index (χ2n) is 5.38. The van der Waals surface area contributed by atoms with Crippen LogP contribution < -0.4 is 4.74 Å². The first-order valence-corrected chi connectivity index (χ1v) is 7.15. The van der Waals surface area contributed by atoms with Crippen LogP contribution in [0.15, 0.2) is 24.3 Å². The molecule has 0 aromatic heterocycles. The van der Waals surface area contributed by atoms with Crippen molar-refractivity contribution in [2.75, 3.05) is 33.4 Å². The lowest BCUT2D eigenvalue weighted by Gasteiger charge is -2.31. The van der Waals surface area contributed by atoms with Crippen LogP contribution >= 0.6 is 0 Å². The van der Waals surface area contributed by atoms with Gasteiger partial charge in [-0.2, -0.15) is 0 Å². The van der Waals surface area contributed by atoms with Crippen LogP contribution in [0.3, 0.4) is 0 Å². The minimum absolute atomic E-state index is 0.0708. The molecule has 0 saturated carbocycles. The number of methoxy groups -OCH3 is 1. The molecule has 0 atom stereocenters. The van der Waals surface area contributed by atoms with E-state index in [1.807, 2.05) is 36.1 Å². The summed E-state index contributed by atoms with van der Waals surface area (Å²) in [6, 6.07) is 7.76. The molecule has 0 aliphatic carbocycles. The summed E-state index contributed by atoms with van der Waals surface area (Å²) >= 11 is 0. The zero-order valence-electron chi connectivity index (χ0n) is 12.3. The number of carbonyl (C=O) groups is 1. The van der Waals surface area contributed by atoms with Crippen LogP contribution in [0.2, 0.25) is 0 Å². The molecule has 0 unspecified atom stereocenters. The summed E-state index contributed by atoms with van der Waals surface area (Å²) in [5, 5.41) is 0. The number of benzene rings is 1. The number of likely N-dealkylation sites (tertiary alicyclic amines) is 1. The zero-order chi connectivity index (χ0) is 14.4. The maximum absolute atomic E-state index is 12.1. The van der Waals surface area contributed by atoms with Crippen molar-refractivity contribution in [1.82, 2.24) is 4.90 Å². The van der Waals surface area contributed by atoms with Gasteiger partial charge in [0.05, 0.1) is 0 Å². The normalized spacial score (nSPS) is 16.2. The Morgan fingerprint density at radius 1 is 1.25 bits per heavy atom. The summed E-state index contributed by atoms with van der Waals surface area (Å²) in [7, 11) is 1.73. The largest absolute Gasteiger partial charge is 0.484 e. The van der Waals surface area contributed by atoms with Gasteiger partial charge in [-0.15, -0.1) is 0 Å². The lowest BCUT2D eigenvalue weighted by Crippen LogP contribution is -2.41. The Hall–Kier alpha value is -1.55. The molecule has 2 rings (SSSR count). The Labute approximate surface area is 120 Å². The van der Waals surface area contributed by atoms with E-state index in [2.05, 4.69) is 0 Å². The lowest BCUT2D eigenvalue weighted by molar-refractivity contribution is -0.135. The van der Waals surface area contributed by atoms with Crippen LogP contribution in [0.4, 0.5) is 0 Å². The molecule has 1 heterocycles. The molecule has 20 heavy (non-hydrogen) atoms. The standard InChI is InChI=1S/C16H23NO3/c1-13-3-5-15(6-4-13)20-12-16(18)17-9-7-14(8-10-17)11-19-2/h3-6,14H,7-12H2,1-2H3. The highest BCUT2D eigenvalue weighted by Crippen LogP contribution is 2.18. The number of piperidine rings is 1. The summed E-state index contributed by atoms with van der Waals surface area (Å²) in [5.74, 6) is 1.40. The van der Waals surface area contributed by atoms with E-state index in [0.717, 1.165) is 38.3 Å². The molecule has 110 valence electrons. The number of carbonyl (C=O) groups excluding carboxylic acids is 1. The average molecular weight is 277 g/mol. The van der Waals surface area contributed by atoms with Crippen LogP contribution in [-0.4, -0.2) is 44.2 Å². The van der Waals surface area contributed by atoms with Crippen molar-refractivity contribution in [3.63, 3.8) is 0 Å². The second kappa shape index (κ2) is 7.29. The minimum Gasteiger partial charge on any atom is -0.484 e. The van der Waals surface area contributed by atoms with Crippen LogP contribution in [0, 0.1) is 12.8 Å². The SMILES string of the molecule is COCC1CCN(C(=O)COc2ccc(C)cc2)CC1. The summed E-state index contributed by atoms with van der Waals surface area (Å²) in [5.41, 5.74) is 1.18. The molecule has 0 N–H and O–H groups in total. The molecule has 4 heteroatoms. The Kier molecular flexibility index (Phi) is 5.41. The van der Waals surface area contributed by atoms with E-state index in [4.69, 9.17) is 9.47 Å². The number of hydrogen-bond acceptors (Lipinski definition) is 3. The third-order valence-corrected chi connectivity index (χ3v) is 3.75. The fourth-order valence-electron chi connectivity index (χ4n) is 2.46. The fourth-order valence-corrected chi connectivity index (χ4v) is 2.46. The average Bonchev–Trinajstić information content (AvgIpc) is 2.47. The monoisotopic (exact) mass is 277 g/mol. The van der Waals surface area contributed by atoms with Gasteiger partial charge in [0.25, 0.3) is 5.91 Å². The van der Waals surface area contributed by atoms with Crippen molar-refractivity contribution in [3.8, 4) is 5.75 Å². The molecular weight excluding hydrogens is 254 g/mol. The highest BCUT2D eigenvalue weighted by molar-refractivity contribution is 5.77. The Morgan fingerprint density at radius 3 is 2.50 bits per heavy atom. The van der Waals surface area contributed by atoms with Crippen molar-refractivity contribution in [2.24, 2.45) is 5.92 Å². The van der Waals surface area contributed by atoms with Gasteiger partial charge in [0.1, 0.15) is 5.75 Å². The Morgan fingerprint density at radius 2 is 1.90 bits per heavy atom. The number of aryl methyl sites for hydroxylation is 1. The number of hydrogen-bond donors (Lipinski definition) is 0. The van der Waals surface area contributed by atoms with Crippen LogP contribution in [0.5, 0.6) is 5.75 Å². The maximum atomic E-state index is 12.1. The number of ether oxygens (including phenoxy) is 2. The van der Waals surface area contributed by atoms with Crippen molar-refractivity contribution in [2.45, 2.75) is 19.8 Å².